The maximum absolute atomic E-state index is 13.3. The van der Waals surface area contributed by atoms with E-state index >= 15 is 0 Å². The first-order chi connectivity index (χ1) is 53.7. The van der Waals surface area contributed by atoms with Crippen molar-refractivity contribution < 1.29 is 156 Å². The van der Waals surface area contributed by atoms with Gasteiger partial charge in [-0.15, -0.1) is 0 Å². The van der Waals surface area contributed by atoms with Crippen molar-refractivity contribution in [1.29, 1.82) is 0 Å². The van der Waals surface area contributed by atoms with Crippen LogP contribution in [0, 0.1) is 0 Å². The van der Waals surface area contributed by atoms with E-state index in [1.54, 1.807) is 0 Å². The van der Waals surface area contributed by atoms with Crippen molar-refractivity contribution in [2.45, 2.75) is 458 Å². The van der Waals surface area contributed by atoms with E-state index in [2.05, 4.69) is 87.1 Å². The Labute approximate surface area is 782 Å². The summed E-state index contributed by atoms with van der Waals surface area (Å²) in [6.45, 7) is 10.1. The Morgan fingerprint density at radius 3 is 0.900 bits per heavy atom. The molecular formula is C92H188N4Na2O20P2. The van der Waals surface area contributed by atoms with Gasteiger partial charge in [-0.05, 0) is 89.9 Å². The molecule has 0 aromatic carbocycles. The van der Waals surface area contributed by atoms with E-state index < -0.39 is 109 Å². The summed E-state index contributed by atoms with van der Waals surface area (Å²) in [5.41, 5.74) is 0. The Hall–Kier alpha value is -2.22. The quantitative estimate of drug-likeness (QED) is 0.00823. The van der Waals surface area contributed by atoms with E-state index in [1.165, 1.54) is 89.9 Å². The predicted molar refractivity (Wildman–Crippen MR) is 491 cm³/mol. The first-order valence-electron chi connectivity index (χ1n) is 43.9. The van der Waals surface area contributed by atoms with Crippen LogP contribution in [0.4, 0.5) is 0 Å². The summed E-state index contributed by atoms with van der Waals surface area (Å²) in [7, 11) is -9.66. The van der Waals surface area contributed by atoms with Gasteiger partial charge in [-0.3, -0.25) is 56.5 Å². The molecule has 24 nitrogen and oxygen atoms in total. The van der Waals surface area contributed by atoms with Crippen molar-refractivity contribution in [3.05, 3.63) is 24.3 Å². The monoisotopic (exact) mass is 1780 g/mol. The first kappa shape index (κ1) is 138. The van der Waals surface area contributed by atoms with Gasteiger partial charge in [0.25, 0.3) is 0 Å². The van der Waals surface area contributed by atoms with Gasteiger partial charge in [0.05, 0.1) is 77.8 Å². The van der Waals surface area contributed by atoms with E-state index in [4.69, 9.17) is 37.0 Å². The fourth-order valence-electron chi connectivity index (χ4n) is 12.5. The molecule has 6 N–H and O–H groups in total. The van der Waals surface area contributed by atoms with Gasteiger partial charge >= 0.3 is 86.7 Å². The van der Waals surface area contributed by atoms with E-state index in [-0.39, 0.29) is 190 Å². The molecule has 0 heterocycles. The zero-order chi connectivity index (χ0) is 81.8. The van der Waals surface area contributed by atoms with Crippen LogP contribution in [0.3, 0.4) is 0 Å². The van der Waals surface area contributed by atoms with Crippen LogP contribution in [0.5, 0.6) is 0 Å². The Balaban J connectivity index is -0.00000110. The number of hydrogen-bond acceptors (Lipinski definition) is 18. The second-order valence-corrected chi connectivity index (χ2v) is 32.9. The molecule has 0 aliphatic rings. The van der Waals surface area contributed by atoms with Gasteiger partial charge in [-0.1, -0.05) is 310 Å². The average Bonchev–Trinajstić information content (AvgIpc) is 0.893. The molecule has 0 spiro atoms. The average molecular weight is 1780 g/mol. The summed E-state index contributed by atoms with van der Waals surface area (Å²) in [5, 5.41) is 10.2. The number of ketones is 2. The summed E-state index contributed by atoms with van der Waals surface area (Å²) in [4.78, 5) is 125. The van der Waals surface area contributed by atoms with Crippen LogP contribution in [0.25, 0.3) is 0 Å². The van der Waals surface area contributed by atoms with Crippen molar-refractivity contribution in [2.75, 3.05) is 65.9 Å². The smallest absolute Gasteiger partial charge is 1.00 e. The number of phosphoric acid groups is 2. The van der Waals surface area contributed by atoms with E-state index in [1.807, 2.05) is 0 Å². The standard InChI is InChI=1S/C85H158N4O20P2.7CH4.2Na.2H/c1-7-13-19-25-29-33-37-43-47-53-76(90)67-82(94)88-74(70-102-63-59-78(55-49-41-23-17-11-5)108-84(96)57-51-45-39-35-31-27-21-15-9-3)72-106-110(98,99)104-65-61-86-80(92)69-81(93)87-62-66-105-111(100,101)107-73-75(89-83(95)68-77(91)54-48-44-38-34-30-26-20-14-8-2)71-103-64-60-79(56-50-42-24-18-12-6)109-85(97)58-52-46-40-36-32-28-22-16-10-4;;;;;;;;;;;/h35-36,39-40,74-75,78-79H,7-34,37-38,41-73H2,1-6H3,(H,86,92)(H,87,93)(H,88,94)(H,89,95)(H,98,99)(H,100,101);7*1H4;;;;/q;;;;;;;;2*+1;2*-1/b39-35-,40-36-;;;;;;;;;;;/t74?,75?,78-,79-;;;;;;;;;;;/m1.........../s1. The van der Waals surface area contributed by atoms with Crippen LogP contribution in [0.2, 0.25) is 0 Å². The number of ether oxygens (including phenoxy) is 4. The van der Waals surface area contributed by atoms with E-state index in [0.717, 1.165) is 154 Å². The zero-order valence-electron chi connectivity index (χ0n) is 74.3. The topological polar surface area (TPSA) is 333 Å². The van der Waals surface area contributed by atoms with Crippen LogP contribution in [0.1, 0.15) is 437 Å². The third-order valence-corrected chi connectivity index (χ3v) is 21.0. The first-order valence-corrected chi connectivity index (χ1v) is 46.9. The van der Waals surface area contributed by atoms with Gasteiger partial charge in [0.2, 0.25) is 23.6 Å². The molecule has 0 bridgehead atoms. The third-order valence-electron chi connectivity index (χ3n) is 19.1. The Morgan fingerprint density at radius 2 is 0.592 bits per heavy atom. The van der Waals surface area contributed by atoms with Gasteiger partial charge in [-0.2, -0.15) is 0 Å². The molecule has 0 aliphatic heterocycles. The molecule has 708 valence electrons. The van der Waals surface area contributed by atoms with Crippen LogP contribution in [-0.2, 0) is 84.5 Å². The minimum atomic E-state index is -4.83. The molecule has 0 aliphatic carbocycles. The number of carbonyl (C=O) groups excluding carboxylic acids is 8. The summed E-state index contributed by atoms with van der Waals surface area (Å²) in [5.74, 6) is -3.82. The van der Waals surface area contributed by atoms with Crippen molar-refractivity contribution in [1.82, 2.24) is 21.3 Å². The van der Waals surface area contributed by atoms with E-state index in [0.29, 0.717) is 64.2 Å². The van der Waals surface area contributed by atoms with Gasteiger partial charge < -0.3 is 52.9 Å². The molecule has 120 heavy (non-hydrogen) atoms. The molecule has 6 atom stereocenters. The number of carbonyl (C=O) groups is 8. The van der Waals surface area contributed by atoms with Crippen LogP contribution >= 0.6 is 15.6 Å². The minimum Gasteiger partial charge on any atom is -1.00 e. The van der Waals surface area contributed by atoms with Crippen LogP contribution in [0.15, 0.2) is 24.3 Å². The molecule has 0 radical (unpaired) electrons. The minimum absolute atomic E-state index is 0. The largest absolute Gasteiger partial charge is 1.00 e. The number of amides is 4. The second kappa shape index (κ2) is 101. The zero-order valence-corrected chi connectivity index (χ0v) is 78.1. The van der Waals surface area contributed by atoms with Crippen LogP contribution in [-0.4, -0.2) is 147 Å². The molecule has 0 aromatic heterocycles. The fourth-order valence-corrected chi connectivity index (χ4v) is 14.0. The maximum atomic E-state index is 13.3. The number of phosphoric ester groups is 2. The molecule has 4 unspecified atom stereocenters. The maximum Gasteiger partial charge on any atom is 1.00 e. The molecule has 0 saturated heterocycles. The molecule has 0 aromatic rings. The number of unbranched alkanes of at least 4 members (excludes halogenated alkanes) is 34. The molecule has 28 heteroatoms. The number of hydrogen-bond donors (Lipinski definition) is 6. The normalized spacial score (nSPS) is 12.8. The fraction of sp³-hybridized carbons (Fsp3) is 0.870. The summed E-state index contributed by atoms with van der Waals surface area (Å²) < 4.78 is 71.0. The van der Waals surface area contributed by atoms with Gasteiger partial charge in [-0.25, -0.2) is 9.13 Å². The van der Waals surface area contributed by atoms with Crippen molar-refractivity contribution in [3.8, 4) is 0 Å². The molecule has 0 rings (SSSR count). The third kappa shape index (κ3) is 96.4. The van der Waals surface area contributed by atoms with Crippen molar-refractivity contribution in [2.24, 2.45) is 0 Å². The Morgan fingerprint density at radius 1 is 0.317 bits per heavy atom. The molecule has 0 fully saturated rings. The SMILES string of the molecule is C.C.C.C.C.C.C.CCCCCC/C=C\CCCC(=O)O[C@H](CCCCCCC)CCOCC(COP(=O)(O)OCCNC(=O)CC(=O)NCCOP(=O)(O)OCC(COCC[C@@H](CCCCCCC)OC(=O)CCC/C=C\CCCCCC)NC(=O)CC(=O)CCCCCCCCCCC)NC(=O)CC(=O)CCCCCCCCCCC.[H-].[H-].[Na+].[Na+]. The number of nitrogens with one attached hydrogen (secondary N) is 4. The second-order valence-electron chi connectivity index (χ2n) is 30.0. The molecule has 4 amide bonds. The number of rotatable bonds is 84. The summed E-state index contributed by atoms with van der Waals surface area (Å²) >= 11 is 0. The van der Waals surface area contributed by atoms with Gasteiger partial charge in [0.15, 0.2) is 0 Å². The molecular weight excluding hydrogens is 1590 g/mol. The number of Topliss-reactive ketones (excluding diaryl/α,β-unsaturated/α-hetero) is 2. The van der Waals surface area contributed by atoms with Crippen molar-refractivity contribution in [3.63, 3.8) is 0 Å². The van der Waals surface area contributed by atoms with Gasteiger partial charge in [0.1, 0.15) is 30.2 Å². The van der Waals surface area contributed by atoms with Crippen LogP contribution < -0.4 is 80.4 Å². The Bertz CT molecular complexity index is 2360. The van der Waals surface area contributed by atoms with E-state index in [9.17, 15) is 57.3 Å². The predicted octanol–water partition coefficient (Wildman–Crippen LogP) is 18.0. The number of esters is 2. The Kier molecular flexibility index (Phi) is 116. The number of allylic oxidation sites excluding steroid dienone is 4. The van der Waals surface area contributed by atoms with Crippen molar-refractivity contribution >= 4 is 62.8 Å². The van der Waals surface area contributed by atoms with Gasteiger partial charge in [0, 0.05) is 51.6 Å². The molecule has 0 saturated carbocycles. The summed E-state index contributed by atoms with van der Waals surface area (Å²) in [6, 6.07) is -2.00. The summed E-state index contributed by atoms with van der Waals surface area (Å²) in [6.07, 6.45) is 53.7.